The van der Waals surface area contributed by atoms with E-state index in [9.17, 15) is 9.18 Å². The van der Waals surface area contributed by atoms with Crippen molar-refractivity contribution < 1.29 is 9.13 Å². The predicted octanol–water partition coefficient (Wildman–Crippen LogP) is 4.33. The fourth-order valence-corrected chi connectivity index (χ4v) is 3.21. The van der Waals surface area contributed by atoms with Crippen molar-refractivity contribution >= 4 is 28.4 Å². The van der Waals surface area contributed by atoms with Gasteiger partial charge in [-0.05, 0) is 30.3 Å². The highest BCUT2D eigenvalue weighted by Crippen LogP contribution is 2.26. The molecule has 7 heteroatoms. The number of hydrogen-bond acceptors (Lipinski definition) is 5. The van der Waals surface area contributed by atoms with Crippen LogP contribution in [0.5, 0.6) is 0 Å². The molecule has 152 valence electrons. The van der Waals surface area contributed by atoms with Gasteiger partial charge in [0, 0.05) is 31.1 Å². The number of methoxy groups -OCH3 is 1. The molecular formula is C23H21FN4O2. The van der Waals surface area contributed by atoms with Gasteiger partial charge in [-0.25, -0.2) is 9.37 Å². The lowest BCUT2D eigenvalue weighted by Crippen LogP contribution is -2.16. The van der Waals surface area contributed by atoms with Gasteiger partial charge < -0.3 is 15.4 Å². The lowest BCUT2D eigenvalue weighted by Gasteiger charge is -2.18. The second-order valence-corrected chi connectivity index (χ2v) is 6.67. The summed E-state index contributed by atoms with van der Waals surface area (Å²) in [6, 6.07) is 21.7. The minimum absolute atomic E-state index is 0.0699. The van der Waals surface area contributed by atoms with E-state index in [2.05, 4.69) is 15.6 Å². The topological polar surface area (TPSA) is 68.2 Å². The van der Waals surface area contributed by atoms with Gasteiger partial charge in [-0.3, -0.25) is 9.36 Å². The number of halogens is 1. The van der Waals surface area contributed by atoms with Crippen molar-refractivity contribution in [2.75, 3.05) is 30.9 Å². The van der Waals surface area contributed by atoms with E-state index in [0.29, 0.717) is 24.6 Å². The van der Waals surface area contributed by atoms with Gasteiger partial charge >= 0.3 is 0 Å². The van der Waals surface area contributed by atoms with Gasteiger partial charge in [0.1, 0.15) is 5.82 Å². The highest BCUT2D eigenvalue weighted by Gasteiger charge is 2.16. The molecule has 0 radical (unpaired) electrons. The molecule has 2 aromatic heterocycles. The molecule has 0 saturated heterocycles. The van der Waals surface area contributed by atoms with E-state index in [-0.39, 0.29) is 16.6 Å². The quantitative estimate of drug-likeness (QED) is 0.449. The first-order valence-corrected chi connectivity index (χ1v) is 9.54. The second-order valence-electron chi connectivity index (χ2n) is 6.67. The van der Waals surface area contributed by atoms with Crippen LogP contribution in [0.15, 0.2) is 77.6 Å². The van der Waals surface area contributed by atoms with Gasteiger partial charge in [-0.2, -0.15) is 0 Å². The Morgan fingerprint density at radius 1 is 1.03 bits per heavy atom. The number of nitrogens with zero attached hydrogens (tertiary/aromatic N) is 2. The zero-order chi connectivity index (χ0) is 20.9. The maximum absolute atomic E-state index is 14.6. The van der Waals surface area contributed by atoms with Crippen LogP contribution in [-0.2, 0) is 4.74 Å². The number of ether oxygens (including phenoxy) is 1. The maximum Gasteiger partial charge on any atom is 0.193 e. The van der Waals surface area contributed by atoms with Gasteiger partial charge in [0.05, 0.1) is 12.0 Å². The molecule has 0 unspecified atom stereocenters. The van der Waals surface area contributed by atoms with Crippen LogP contribution in [0.2, 0.25) is 0 Å². The molecule has 6 nitrogen and oxygen atoms in total. The monoisotopic (exact) mass is 404 g/mol. The smallest absolute Gasteiger partial charge is 0.193 e. The third-order valence-corrected chi connectivity index (χ3v) is 4.60. The standard InChI is InChI=1S/C23H21FN4O2/c1-30-13-12-25-22-19(24)14-18-20(29)15-21(26-16-8-4-2-5-9-16)28(23(18)27-22)17-10-6-3-7-11-17/h2-11,14-15,26H,12-13H2,1H3,(H,25,27). The first kappa shape index (κ1) is 19.6. The van der Waals surface area contributed by atoms with E-state index < -0.39 is 5.82 Å². The number of hydrogen-bond donors (Lipinski definition) is 2. The summed E-state index contributed by atoms with van der Waals surface area (Å²) in [5, 5.41) is 6.41. The van der Waals surface area contributed by atoms with E-state index in [1.807, 2.05) is 65.2 Å². The van der Waals surface area contributed by atoms with Crippen LogP contribution in [0.3, 0.4) is 0 Å². The molecule has 0 saturated carbocycles. The van der Waals surface area contributed by atoms with Crippen molar-refractivity contribution in [1.82, 2.24) is 9.55 Å². The zero-order valence-corrected chi connectivity index (χ0v) is 16.4. The lowest BCUT2D eigenvalue weighted by molar-refractivity contribution is 0.210. The SMILES string of the molecule is COCCNc1nc2c(cc1F)c(=O)cc(Nc1ccccc1)n2-c1ccccc1. The van der Waals surface area contributed by atoms with Crippen LogP contribution in [-0.4, -0.2) is 29.8 Å². The van der Waals surface area contributed by atoms with Crippen LogP contribution in [0.25, 0.3) is 16.7 Å². The number of nitrogens with one attached hydrogen (secondary N) is 2. The summed E-state index contributed by atoms with van der Waals surface area (Å²) in [6.45, 7) is 0.795. The number of fused-ring (bicyclic) bond motifs is 1. The molecule has 2 N–H and O–H groups in total. The molecule has 0 fully saturated rings. The fourth-order valence-electron chi connectivity index (χ4n) is 3.21. The first-order chi connectivity index (χ1) is 14.7. The molecule has 30 heavy (non-hydrogen) atoms. The van der Waals surface area contributed by atoms with Crippen molar-refractivity contribution in [3.8, 4) is 5.69 Å². The van der Waals surface area contributed by atoms with Gasteiger partial charge in [0.25, 0.3) is 0 Å². The molecule has 0 atom stereocenters. The van der Waals surface area contributed by atoms with Crippen molar-refractivity contribution in [1.29, 1.82) is 0 Å². The summed E-state index contributed by atoms with van der Waals surface area (Å²) in [6.07, 6.45) is 0. The molecule has 0 spiro atoms. The summed E-state index contributed by atoms with van der Waals surface area (Å²) in [7, 11) is 1.57. The van der Waals surface area contributed by atoms with Crippen LogP contribution in [0.4, 0.5) is 21.7 Å². The number of benzene rings is 2. The average molecular weight is 404 g/mol. The number of pyridine rings is 2. The molecule has 4 rings (SSSR count). The van der Waals surface area contributed by atoms with Crippen molar-refractivity contribution in [2.24, 2.45) is 0 Å². The second kappa shape index (κ2) is 8.75. The summed E-state index contributed by atoms with van der Waals surface area (Å²) < 4.78 is 21.4. The largest absolute Gasteiger partial charge is 0.383 e. The summed E-state index contributed by atoms with van der Waals surface area (Å²) in [4.78, 5) is 17.3. The van der Waals surface area contributed by atoms with Crippen molar-refractivity contribution in [3.05, 3.63) is 88.8 Å². The van der Waals surface area contributed by atoms with Crippen LogP contribution in [0, 0.1) is 5.82 Å². The molecule has 0 bridgehead atoms. The Morgan fingerprint density at radius 2 is 1.73 bits per heavy atom. The lowest BCUT2D eigenvalue weighted by atomic mass is 10.2. The number of para-hydroxylation sites is 2. The fraction of sp³-hybridized carbons (Fsp3) is 0.130. The molecule has 2 aromatic carbocycles. The minimum atomic E-state index is -0.584. The predicted molar refractivity (Wildman–Crippen MR) is 117 cm³/mol. The van der Waals surface area contributed by atoms with E-state index in [1.54, 1.807) is 7.11 Å². The average Bonchev–Trinajstić information content (AvgIpc) is 2.76. The summed E-state index contributed by atoms with van der Waals surface area (Å²) in [5.41, 5.74) is 1.66. The van der Waals surface area contributed by atoms with E-state index in [4.69, 9.17) is 4.74 Å². The third kappa shape index (κ3) is 4.01. The molecule has 2 heterocycles. The Balaban J connectivity index is 1.94. The maximum atomic E-state index is 14.6. The van der Waals surface area contributed by atoms with Gasteiger partial charge in [0.2, 0.25) is 0 Å². The van der Waals surface area contributed by atoms with Gasteiger partial charge in [0.15, 0.2) is 22.7 Å². The molecular weight excluding hydrogens is 383 g/mol. The number of rotatable bonds is 7. The van der Waals surface area contributed by atoms with Gasteiger partial charge in [-0.1, -0.05) is 36.4 Å². The third-order valence-electron chi connectivity index (χ3n) is 4.60. The normalized spacial score (nSPS) is 10.9. The van der Waals surface area contributed by atoms with E-state index in [1.165, 1.54) is 12.1 Å². The Hall–Kier alpha value is -3.71. The molecule has 0 aliphatic heterocycles. The minimum Gasteiger partial charge on any atom is -0.383 e. The van der Waals surface area contributed by atoms with Crippen molar-refractivity contribution in [2.45, 2.75) is 0 Å². The Labute approximate surface area is 173 Å². The van der Waals surface area contributed by atoms with E-state index >= 15 is 0 Å². The first-order valence-electron chi connectivity index (χ1n) is 9.54. The molecule has 0 aliphatic carbocycles. The summed E-state index contributed by atoms with van der Waals surface area (Å²) in [5.74, 6) is 0.0198. The van der Waals surface area contributed by atoms with Gasteiger partial charge in [-0.15, -0.1) is 0 Å². The van der Waals surface area contributed by atoms with Crippen molar-refractivity contribution in [3.63, 3.8) is 0 Å². The van der Waals surface area contributed by atoms with Crippen LogP contribution < -0.4 is 16.1 Å². The Morgan fingerprint density at radius 3 is 2.43 bits per heavy atom. The number of aromatic nitrogens is 2. The molecule has 4 aromatic rings. The van der Waals surface area contributed by atoms with Crippen LogP contribution >= 0.6 is 0 Å². The Kier molecular flexibility index (Phi) is 5.72. The highest BCUT2D eigenvalue weighted by molar-refractivity contribution is 5.82. The summed E-state index contributed by atoms with van der Waals surface area (Å²) >= 11 is 0. The van der Waals surface area contributed by atoms with E-state index in [0.717, 1.165) is 11.4 Å². The highest BCUT2D eigenvalue weighted by atomic mass is 19.1. The molecule has 0 amide bonds. The molecule has 0 aliphatic rings. The Bertz CT molecular complexity index is 1210. The van der Waals surface area contributed by atoms with Crippen LogP contribution in [0.1, 0.15) is 0 Å². The zero-order valence-electron chi connectivity index (χ0n) is 16.4. The number of anilines is 3.